The Kier molecular flexibility index (Phi) is 3.16. The standard InChI is InChI=1S/C14H11FINO2/c15-8-5-6-12(11(16)7-8)17-13(18)9-3-1-2-4-10(9)14(17)19/h1-2,5-7,9-10H,3-4H2. The Hall–Kier alpha value is -1.24. The van der Waals surface area contributed by atoms with Gasteiger partial charge in [-0.2, -0.15) is 0 Å². The molecule has 98 valence electrons. The van der Waals surface area contributed by atoms with Crippen LogP contribution in [0.5, 0.6) is 0 Å². The Morgan fingerprint density at radius 3 is 2.21 bits per heavy atom. The fraction of sp³-hybridized carbons (Fsp3) is 0.286. The Labute approximate surface area is 123 Å². The highest BCUT2D eigenvalue weighted by Gasteiger charge is 2.48. The molecule has 2 unspecified atom stereocenters. The first kappa shape index (κ1) is 12.8. The maximum absolute atomic E-state index is 13.1. The van der Waals surface area contributed by atoms with Crippen LogP contribution in [0, 0.1) is 21.2 Å². The van der Waals surface area contributed by atoms with Gasteiger partial charge in [0.2, 0.25) is 11.8 Å². The minimum atomic E-state index is -0.369. The molecule has 1 aromatic carbocycles. The van der Waals surface area contributed by atoms with Crippen LogP contribution in [0.2, 0.25) is 0 Å². The highest BCUT2D eigenvalue weighted by molar-refractivity contribution is 14.1. The number of carbonyl (C=O) groups excluding carboxylic acids is 2. The highest BCUT2D eigenvalue weighted by atomic mass is 127. The van der Waals surface area contributed by atoms with Crippen molar-refractivity contribution >= 4 is 40.1 Å². The summed E-state index contributed by atoms with van der Waals surface area (Å²) in [6.07, 6.45) is 5.13. The van der Waals surface area contributed by atoms with Crippen LogP contribution in [0.25, 0.3) is 0 Å². The summed E-state index contributed by atoms with van der Waals surface area (Å²) in [4.78, 5) is 25.9. The van der Waals surface area contributed by atoms with E-state index >= 15 is 0 Å². The van der Waals surface area contributed by atoms with Crippen molar-refractivity contribution in [2.45, 2.75) is 12.8 Å². The second-order valence-corrected chi connectivity index (χ2v) is 5.93. The summed E-state index contributed by atoms with van der Waals surface area (Å²) in [5.41, 5.74) is 0.492. The molecule has 3 rings (SSSR count). The Morgan fingerprint density at radius 1 is 1.11 bits per heavy atom. The van der Waals surface area contributed by atoms with Crippen LogP contribution < -0.4 is 4.90 Å². The second-order valence-electron chi connectivity index (χ2n) is 4.76. The molecule has 5 heteroatoms. The van der Waals surface area contributed by atoms with Crippen LogP contribution in [0.4, 0.5) is 10.1 Å². The normalized spacial score (nSPS) is 25.9. The van der Waals surface area contributed by atoms with Gasteiger partial charge in [-0.25, -0.2) is 9.29 Å². The van der Waals surface area contributed by atoms with Crippen molar-refractivity contribution in [2.24, 2.45) is 11.8 Å². The van der Waals surface area contributed by atoms with Gasteiger partial charge >= 0.3 is 0 Å². The predicted molar refractivity (Wildman–Crippen MR) is 77.0 cm³/mol. The maximum atomic E-state index is 13.1. The first-order valence-corrected chi connectivity index (χ1v) is 7.15. The van der Waals surface area contributed by atoms with Crippen molar-refractivity contribution in [1.82, 2.24) is 0 Å². The number of carbonyl (C=O) groups is 2. The number of fused-ring (bicyclic) bond motifs is 1. The lowest BCUT2D eigenvalue weighted by Crippen LogP contribution is -2.31. The monoisotopic (exact) mass is 371 g/mol. The van der Waals surface area contributed by atoms with E-state index in [0.717, 1.165) is 0 Å². The molecule has 1 aromatic rings. The van der Waals surface area contributed by atoms with E-state index in [1.165, 1.54) is 23.1 Å². The molecule has 0 aromatic heterocycles. The van der Waals surface area contributed by atoms with Gasteiger partial charge in [0, 0.05) is 3.57 Å². The number of benzene rings is 1. The number of allylic oxidation sites excluding steroid dienone is 2. The Bertz CT molecular complexity index is 573. The fourth-order valence-electron chi connectivity index (χ4n) is 2.70. The molecule has 0 N–H and O–H groups in total. The molecular weight excluding hydrogens is 360 g/mol. The first-order valence-electron chi connectivity index (χ1n) is 6.07. The molecule has 0 radical (unpaired) electrons. The fourth-order valence-corrected chi connectivity index (χ4v) is 3.42. The lowest BCUT2D eigenvalue weighted by atomic mass is 9.85. The molecule has 1 aliphatic carbocycles. The van der Waals surface area contributed by atoms with Crippen LogP contribution in [-0.2, 0) is 9.59 Å². The molecule has 2 atom stereocenters. The van der Waals surface area contributed by atoms with Crippen molar-refractivity contribution in [3.63, 3.8) is 0 Å². The van der Waals surface area contributed by atoms with Gasteiger partial charge in [-0.1, -0.05) is 12.2 Å². The Morgan fingerprint density at radius 2 is 1.68 bits per heavy atom. The zero-order valence-electron chi connectivity index (χ0n) is 9.98. The van der Waals surface area contributed by atoms with Crippen LogP contribution in [0.1, 0.15) is 12.8 Å². The summed E-state index contributed by atoms with van der Waals surface area (Å²) >= 11 is 1.95. The third-order valence-electron chi connectivity index (χ3n) is 3.66. The summed E-state index contributed by atoms with van der Waals surface area (Å²) in [5.74, 6) is -1.20. The third-order valence-corrected chi connectivity index (χ3v) is 4.52. The molecule has 0 saturated carbocycles. The Balaban J connectivity index is 2.02. The molecule has 2 aliphatic rings. The van der Waals surface area contributed by atoms with Gasteiger partial charge in [-0.05, 0) is 53.6 Å². The summed E-state index contributed by atoms with van der Waals surface area (Å²) in [5, 5.41) is 0. The van der Waals surface area contributed by atoms with Gasteiger partial charge in [0.15, 0.2) is 0 Å². The number of rotatable bonds is 1. The molecule has 1 fully saturated rings. The SMILES string of the molecule is O=C1C2CC=CCC2C(=O)N1c1ccc(F)cc1I. The van der Waals surface area contributed by atoms with Gasteiger partial charge in [0.25, 0.3) is 0 Å². The lowest BCUT2D eigenvalue weighted by Gasteiger charge is -2.16. The average molecular weight is 371 g/mol. The molecule has 3 nitrogen and oxygen atoms in total. The average Bonchev–Trinajstić information content (AvgIpc) is 2.64. The van der Waals surface area contributed by atoms with Crippen LogP contribution in [0.15, 0.2) is 30.4 Å². The summed E-state index contributed by atoms with van der Waals surface area (Å²) in [6, 6.07) is 4.10. The summed E-state index contributed by atoms with van der Waals surface area (Å²) in [7, 11) is 0. The molecule has 1 saturated heterocycles. The van der Waals surface area contributed by atoms with Crippen molar-refractivity contribution in [3.05, 3.63) is 39.7 Å². The third kappa shape index (κ3) is 2.00. The molecular formula is C14H11FINO2. The number of imide groups is 1. The number of amides is 2. The molecule has 1 aliphatic heterocycles. The molecule has 2 amide bonds. The summed E-state index contributed by atoms with van der Waals surface area (Å²) < 4.78 is 13.7. The van der Waals surface area contributed by atoms with Crippen molar-refractivity contribution in [3.8, 4) is 0 Å². The van der Waals surface area contributed by atoms with E-state index in [2.05, 4.69) is 0 Å². The topological polar surface area (TPSA) is 37.4 Å². The number of hydrogen-bond acceptors (Lipinski definition) is 2. The van der Waals surface area contributed by atoms with Gasteiger partial charge < -0.3 is 0 Å². The van der Waals surface area contributed by atoms with Crippen LogP contribution >= 0.6 is 22.6 Å². The van der Waals surface area contributed by atoms with Crippen molar-refractivity contribution < 1.29 is 14.0 Å². The second kappa shape index (κ2) is 4.70. The minimum absolute atomic E-state index is 0.163. The number of nitrogens with zero attached hydrogens (tertiary/aromatic N) is 1. The first-order chi connectivity index (χ1) is 9.09. The zero-order valence-corrected chi connectivity index (χ0v) is 12.1. The quantitative estimate of drug-likeness (QED) is 0.433. The van der Waals surface area contributed by atoms with E-state index in [0.29, 0.717) is 22.1 Å². The van der Waals surface area contributed by atoms with Gasteiger partial charge in [-0.15, -0.1) is 0 Å². The zero-order chi connectivity index (χ0) is 13.6. The van der Waals surface area contributed by atoms with E-state index in [1.54, 1.807) is 0 Å². The van der Waals surface area contributed by atoms with E-state index in [-0.39, 0.29) is 29.5 Å². The predicted octanol–water partition coefficient (Wildman–Crippen LogP) is 2.89. The van der Waals surface area contributed by atoms with Crippen molar-refractivity contribution in [2.75, 3.05) is 4.90 Å². The van der Waals surface area contributed by atoms with Gasteiger partial charge in [0.05, 0.1) is 17.5 Å². The van der Waals surface area contributed by atoms with Crippen molar-refractivity contribution in [1.29, 1.82) is 0 Å². The molecule has 0 spiro atoms. The highest BCUT2D eigenvalue weighted by Crippen LogP contribution is 2.38. The van der Waals surface area contributed by atoms with Gasteiger partial charge in [-0.3, -0.25) is 9.59 Å². The molecule has 0 bridgehead atoms. The molecule has 19 heavy (non-hydrogen) atoms. The number of hydrogen-bond donors (Lipinski definition) is 0. The maximum Gasteiger partial charge on any atom is 0.238 e. The van der Waals surface area contributed by atoms with Crippen LogP contribution in [-0.4, -0.2) is 11.8 Å². The van der Waals surface area contributed by atoms with E-state index in [9.17, 15) is 14.0 Å². The smallest absolute Gasteiger partial charge is 0.238 e. The summed E-state index contributed by atoms with van der Waals surface area (Å²) in [6.45, 7) is 0. The number of halogens is 2. The van der Waals surface area contributed by atoms with E-state index in [4.69, 9.17) is 0 Å². The minimum Gasteiger partial charge on any atom is -0.274 e. The van der Waals surface area contributed by atoms with E-state index < -0.39 is 0 Å². The number of anilines is 1. The molecule has 1 heterocycles. The van der Waals surface area contributed by atoms with E-state index in [1.807, 2.05) is 34.7 Å². The largest absolute Gasteiger partial charge is 0.274 e. The van der Waals surface area contributed by atoms with Crippen LogP contribution in [0.3, 0.4) is 0 Å². The van der Waals surface area contributed by atoms with Gasteiger partial charge in [0.1, 0.15) is 5.82 Å². The lowest BCUT2D eigenvalue weighted by molar-refractivity contribution is -0.122.